The molecule has 0 radical (unpaired) electrons. The van der Waals surface area contributed by atoms with Crippen molar-refractivity contribution in [2.75, 3.05) is 16.8 Å². The summed E-state index contributed by atoms with van der Waals surface area (Å²) >= 11 is 1.21. The van der Waals surface area contributed by atoms with Crippen molar-refractivity contribution in [2.45, 2.75) is 89.9 Å². The van der Waals surface area contributed by atoms with Gasteiger partial charge in [-0.05, 0) is 69.0 Å². The first-order chi connectivity index (χ1) is 18.9. The highest BCUT2D eigenvalue weighted by atomic mass is 32.2. The van der Waals surface area contributed by atoms with Gasteiger partial charge in [-0.3, -0.25) is 14.5 Å². The van der Waals surface area contributed by atoms with Crippen LogP contribution in [0.25, 0.3) is 0 Å². The molecule has 1 amide bonds. The van der Waals surface area contributed by atoms with Gasteiger partial charge in [0.1, 0.15) is 16.7 Å². The lowest BCUT2D eigenvalue weighted by Crippen LogP contribution is -2.40. The van der Waals surface area contributed by atoms with Gasteiger partial charge >= 0.3 is 0 Å². The van der Waals surface area contributed by atoms with Gasteiger partial charge in [-0.15, -0.1) is 0 Å². The van der Waals surface area contributed by atoms with Gasteiger partial charge in [-0.2, -0.15) is 0 Å². The van der Waals surface area contributed by atoms with E-state index >= 15 is 0 Å². The smallest absolute Gasteiger partial charge is 0.265 e. The van der Waals surface area contributed by atoms with Gasteiger partial charge in [0.15, 0.2) is 0 Å². The monoisotopic (exact) mass is 561 g/mol. The topological polar surface area (TPSA) is 109 Å². The molecule has 0 aliphatic carbocycles. The van der Waals surface area contributed by atoms with Crippen LogP contribution in [0.2, 0.25) is 0 Å². The molecular formula is C31H43N7OS. The molecule has 0 saturated carbocycles. The van der Waals surface area contributed by atoms with Crippen molar-refractivity contribution in [3.8, 4) is 0 Å². The van der Waals surface area contributed by atoms with Crippen LogP contribution in [0.1, 0.15) is 94.8 Å². The van der Waals surface area contributed by atoms with Crippen LogP contribution in [0.3, 0.4) is 0 Å². The molecular weight excluding hydrogens is 518 g/mol. The van der Waals surface area contributed by atoms with Gasteiger partial charge in [0.25, 0.3) is 5.91 Å². The van der Waals surface area contributed by atoms with Gasteiger partial charge in [-0.1, -0.05) is 46.8 Å². The Kier molecular flexibility index (Phi) is 9.05. The molecule has 8 nitrogen and oxygen atoms in total. The second-order valence-electron chi connectivity index (χ2n) is 12.3. The minimum Gasteiger partial charge on any atom is -0.362 e. The number of carbonyl (C=O) groups is 1. The van der Waals surface area contributed by atoms with E-state index in [2.05, 4.69) is 68.4 Å². The summed E-state index contributed by atoms with van der Waals surface area (Å²) in [6.07, 6.45) is 1.89. The zero-order valence-electron chi connectivity index (χ0n) is 24.8. The fourth-order valence-electron chi connectivity index (χ4n) is 5.28. The molecule has 0 spiro atoms. The molecule has 40 heavy (non-hydrogen) atoms. The quantitative estimate of drug-likeness (QED) is 0.263. The summed E-state index contributed by atoms with van der Waals surface area (Å²) in [4.78, 5) is 30.3. The van der Waals surface area contributed by atoms with Gasteiger partial charge in [0.05, 0.1) is 23.0 Å². The van der Waals surface area contributed by atoms with E-state index in [-0.39, 0.29) is 22.9 Å². The molecule has 1 fully saturated rings. The minimum atomic E-state index is -0.183. The van der Waals surface area contributed by atoms with Crippen molar-refractivity contribution >= 4 is 29.5 Å². The first-order valence-corrected chi connectivity index (χ1v) is 14.9. The third-order valence-corrected chi connectivity index (χ3v) is 8.04. The molecule has 1 saturated heterocycles. The molecule has 4 rings (SSSR count). The number of nitrogens with two attached hydrogens (primary N) is 1. The Hall–Kier alpha value is -3.17. The maximum atomic E-state index is 13.5. The Morgan fingerprint density at radius 1 is 1.12 bits per heavy atom. The van der Waals surface area contributed by atoms with E-state index < -0.39 is 0 Å². The Morgan fingerprint density at radius 2 is 1.88 bits per heavy atom. The molecule has 3 aromatic rings. The Bertz CT molecular complexity index is 1340. The fraction of sp³-hybridized carbons (Fsp3) is 0.484. The average Bonchev–Trinajstić information content (AvgIpc) is 3.21. The third kappa shape index (κ3) is 6.93. The van der Waals surface area contributed by atoms with Crippen LogP contribution in [0.5, 0.6) is 0 Å². The summed E-state index contributed by atoms with van der Waals surface area (Å²) in [5.41, 5.74) is 8.91. The van der Waals surface area contributed by atoms with Crippen LogP contribution in [-0.2, 0) is 12.0 Å². The number of nitrogens with zero attached hydrogens (tertiary/aromatic N) is 4. The van der Waals surface area contributed by atoms with Gasteiger partial charge in [-0.25, -0.2) is 9.97 Å². The summed E-state index contributed by atoms with van der Waals surface area (Å²) in [6, 6.07) is 15.5. The Balaban J connectivity index is 1.52. The van der Waals surface area contributed by atoms with Gasteiger partial charge in [0, 0.05) is 41.7 Å². The number of anilines is 2. The van der Waals surface area contributed by atoms with Crippen LogP contribution in [0.15, 0.2) is 53.6 Å². The maximum Gasteiger partial charge on any atom is 0.265 e. The molecule has 0 aromatic carbocycles. The van der Waals surface area contributed by atoms with Crippen molar-refractivity contribution in [3.05, 3.63) is 71.2 Å². The number of pyridine rings is 3. The van der Waals surface area contributed by atoms with Crippen molar-refractivity contribution in [1.82, 2.24) is 19.7 Å². The van der Waals surface area contributed by atoms with E-state index in [0.717, 1.165) is 48.1 Å². The minimum absolute atomic E-state index is 0.00462. The largest absolute Gasteiger partial charge is 0.362 e. The zero-order chi connectivity index (χ0) is 29.1. The highest BCUT2D eigenvalue weighted by Gasteiger charge is 2.39. The van der Waals surface area contributed by atoms with Crippen molar-refractivity contribution < 1.29 is 4.79 Å². The number of aromatic nitrogens is 3. The second kappa shape index (κ2) is 12.1. The molecule has 214 valence electrons. The molecule has 9 heteroatoms. The van der Waals surface area contributed by atoms with E-state index in [1.54, 1.807) is 0 Å². The van der Waals surface area contributed by atoms with Crippen LogP contribution >= 0.6 is 11.9 Å². The SMILES string of the molecule is CCC(Nc1cccc(SNC(=O)c2ccc(C(C)(C)C)nc2N2CC(C)CC2(C)C)n1)c1cccc(CN)n1. The lowest BCUT2D eigenvalue weighted by Gasteiger charge is -2.34. The van der Waals surface area contributed by atoms with Crippen molar-refractivity contribution in [3.63, 3.8) is 0 Å². The van der Waals surface area contributed by atoms with E-state index in [1.807, 2.05) is 48.5 Å². The van der Waals surface area contributed by atoms with Crippen molar-refractivity contribution in [2.24, 2.45) is 11.7 Å². The predicted molar refractivity (Wildman–Crippen MR) is 164 cm³/mol. The molecule has 4 heterocycles. The highest BCUT2D eigenvalue weighted by Crippen LogP contribution is 2.38. The summed E-state index contributed by atoms with van der Waals surface area (Å²) in [5, 5.41) is 4.17. The molecule has 2 unspecified atom stereocenters. The summed E-state index contributed by atoms with van der Waals surface area (Å²) in [7, 11) is 0. The standard InChI is InChI=1S/C31H43N7OS/c1-8-23(24-12-9-11-21(18-32)33-24)34-26-13-10-14-27(36-26)40-37-29(39)22-15-16-25(30(3,4)5)35-28(22)38-19-20(2)17-31(38,6)7/h9-16,20,23H,8,17-19,32H2,1-7H3,(H,34,36)(H,37,39). The van der Waals surface area contributed by atoms with E-state index in [0.29, 0.717) is 23.1 Å². The zero-order valence-corrected chi connectivity index (χ0v) is 25.6. The number of hydrogen-bond donors (Lipinski definition) is 3. The number of carbonyl (C=O) groups excluding carboxylic acids is 1. The van der Waals surface area contributed by atoms with Gasteiger partial charge in [0.2, 0.25) is 0 Å². The Labute approximate surface area is 243 Å². The lowest BCUT2D eigenvalue weighted by atomic mass is 9.91. The normalized spacial score (nSPS) is 17.5. The summed E-state index contributed by atoms with van der Waals surface area (Å²) < 4.78 is 3.01. The van der Waals surface area contributed by atoms with Gasteiger partial charge < -0.3 is 16.0 Å². The van der Waals surface area contributed by atoms with E-state index in [9.17, 15) is 4.79 Å². The summed E-state index contributed by atoms with van der Waals surface area (Å²) in [5.74, 6) is 1.81. The van der Waals surface area contributed by atoms with E-state index in [4.69, 9.17) is 15.7 Å². The lowest BCUT2D eigenvalue weighted by molar-refractivity contribution is 0.0984. The van der Waals surface area contributed by atoms with Crippen LogP contribution in [-0.4, -0.2) is 32.9 Å². The second-order valence-corrected chi connectivity index (χ2v) is 13.1. The molecule has 1 aliphatic rings. The molecule has 4 N–H and O–H groups in total. The third-order valence-electron chi connectivity index (χ3n) is 7.31. The maximum absolute atomic E-state index is 13.5. The molecule has 2 atom stereocenters. The molecule has 0 bridgehead atoms. The number of amides is 1. The Morgan fingerprint density at radius 3 is 2.52 bits per heavy atom. The predicted octanol–water partition coefficient (Wildman–Crippen LogP) is 6.25. The number of rotatable bonds is 9. The van der Waals surface area contributed by atoms with Crippen LogP contribution in [0, 0.1) is 5.92 Å². The fourth-order valence-corrected chi connectivity index (χ4v) is 5.88. The summed E-state index contributed by atoms with van der Waals surface area (Å²) in [6.45, 7) is 16.5. The number of hydrogen-bond acceptors (Lipinski definition) is 8. The van der Waals surface area contributed by atoms with Crippen molar-refractivity contribution in [1.29, 1.82) is 0 Å². The first kappa shape index (κ1) is 29.8. The average molecular weight is 562 g/mol. The molecule has 3 aromatic heterocycles. The van der Waals surface area contributed by atoms with E-state index in [1.165, 1.54) is 11.9 Å². The number of nitrogens with one attached hydrogen (secondary N) is 2. The first-order valence-electron chi connectivity index (χ1n) is 14.1. The highest BCUT2D eigenvalue weighted by molar-refractivity contribution is 7.97. The molecule has 1 aliphatic heterocycles. The van der Waals surface area contributed by atoms with Crippen LogP contribution in [0.4, 0.5) is 11.6 Å². The van der Waals surface area contributed by atoms with Crippen LogP contribution < -0.4 is 20.7 Å².